The second-order valence-corrected chi connectivity index (χ2v) is 9.87. The normalized spacial score (nSPS) is 16.8. The summed E-state index contributed by atoms with van der Waals surface area (Å²) in [7, 11) is 2.02. The third-order valence-corrected chi connectivity index (χ3v) is 7.32. The molecule has 3 amide bonds. The fraction of sp³-hybridized carbons (Fsp3) is 0.423. The summed E-state index contributed by atoms with van der Waals surface area (Å²) in [6, 6.07) is 11.3. The van der Waals surface area contributed by atoms with Gasteiger partial charge in [-0.1, -0.05) is 17.7 Å². The molecule has 0 radical (unpaired) electrons. The predicted octanol–water partition coefficient (Wildman–Crippen LogP) is 4.12. The Morgan fingerprint density at radius 2 is 1.71 bits per heavy atom. The van der Waals surface area contributed by atoms with Crippen LogP contribution >= 0.6 is 11.6 Å². The van der Waals surface area contributed by atoms with Crippen molar-refractivity contribution < 1.29 is 9.59 Å². The third-order valence-electron chi connectivity index (χ3n) is 7.00. The van der Waals surface area contributed by atoms with E-state index in [2.05, 4.69) is 14.8 Å². The first kappa shape index (κ1) is 23.6. The lowest BCUT2D eigenvalue weighted by Gasteiger charge is -2.34. The zero-order valence-electron chi connectivity index (χ0n) is 20.3. The number of hydrogen-bond donors (Lipinski definition) is 1. The predicted molar refractivity (Wildman–Crippen MR) is 138 cm³/mol. The summed E-state index contributed by atoms with van der Waals surface area (Å²) in [5, 5.41) is 3.47. The van der Waals surface area contributed by atoms with Crippen LogP contribution in [0.25, 0.3) is 11.0 Å². The molecule has 3 heterocycles. The summed E-state index contributed by atoms with van der Waals surface area (Å²) in [5.41, 5.74) is 4.26. The van der Waals surface area contributed by atoms with Crippen molar-refractivity contribution in [2.45, 2.75) is 26.3 Å². The molecule has 9 heteroatoms. The molecule has 0 bridgehead atoms. The molecule has 0 saturated carbocycles. The van der Waals surface area contributed by atoms with Gasteiger partial charge >= 0.3 is 6.03 Å². The van der Waals surface area contributed by atoms with Gasteiger partial charge < -0.3 is 19.7 Å². The fourth-order valence-corrected chi connectivity index (χ4v) is 5.13. The summed E-state index contributed by atoms with van der Waals surface area (Å²) in [4.78, 5) is 36.4. The number of aromatic nitrogens is 2. The molecule has 0 aliphatic carbocycles. The molecule has 5 rings (SSSR count). The number of anilines is 1. The number of urea groups is 1. The first-order valence-electron chi connectivity index (χ1n) is 12.2. The van der Waals surface area contributed by atoms with Gasteiger partial charge in [0.1, 0.15) is 5.82 Å². The average molecular weight is 495 g/mol. The number of rotatable bonds is 4. The van der Waals surface area contributed by atoms with Crippen LogP contribution in [0, 0.1) is 6.92 Å². The largest absolute Gasteiger partial charge is 0.339 e. The highest BCUT2D eigenvalue weighted by molar-refractivity contribution is 6.33. The summed E-state index contributed by atoms with van der Waals surface area (Å²) < 4.78 is 2.10. The molecule has 184 valence electrons. The van der Waals surface area contributed by atoms with E-state index in [1.54, 1.807) is 0 Å². The molecule has 2 aromatic carbocycles. The Bertz CT molecular complexity index is 1260. The number of benzene rings is 2. The lowest BCUT2D eigenvalue weighted by molar-refractivity contribution is 0.0793. The van der Waals surface area contributed by atoms with Crippen molar-refractivity contribution in [3.63, 3.8) is 0 Å². The van der Waals surface area contributed by atoms with Gasteiger partial charge in [-0.15, -0.1) is 0 Å². The molecule has 2 fully saturated rings. The van der Waals surface area contributed by atoms with E-state index in [0.717, 1.165) is 61.4 Å². The van der Waals surface area contributed by atoms with Crippen LogP contribution in [0.1, 0.15) is 34.6 Å². The molecule has 1 N–H and O–H groups in total. The van der Waals surface area contributed by atoms with Crippen LogP contribution in [0.4, 0.5) is 10.5 Å². The Balaban J connectivity index is 1.20. The van der Waals surface area contributed by atoms with Gasteiger partial charge in [-0.25, -0.2) is 9.78 Å². The monoisotopic (exact) mass is 494 g/mol. The van der Waals surface area contributed by atoms with Crippen LogP contribution in [0.5, 0.6) is 0 Å². The number of carbonyl (C=O) groups excluding carboxylic acids is 2. The fourth-order valence-electron chi connectivity index (χ4n) is 4.85. The summed E-state index contributed by atoms with van der Waals surface area (Å²) in [6.45, 7) is 7.13. The van der Waals surface area contributed by atoms with Crippen LogP contribution in [-0.4, -0.2) is 75.5 Å². The zero-order chi connectivity index (χ0) is 24.5. The molecular weight excluding hydrogens is 464 g/mol. The van der Waals surface area contributed by atoms with Crippen LogP contribution in [-0.2, 0) is 13.6 Å². The van der Waals surface area contributed by atoms with Crippen molar-refractivity contribution in [3.8, 4) is 0 Å². The molecule has 0 atom stereocenters. The van der Waals surface area contributed by atoms with E-state index in [-0.39, 0.29) is 11.9 Å². The number of imidazole rings is 1. The Kier molecular flexibility index (Phi) is 6.67. The van der Waals surface area contributed by atoms with E-state index in [1.165, 1.54) is 0 Å². The van der Waals surface area contributed by atoms with Crippen LogP contribution in [0.2, 0.25) is 5.02 Å². The minimum Gasteiger partial charge on any atom is -0.339 e. The molecule has 3 aromatic rings. The minimum absolute atomic E-state index is 0.0953. The van der Waals surface area contributed by atoms with Gasteiger partial charge in [0.15, 0.2) is 0 Å². The number of amides is 3. The lowest BCUT2D eigenvalue weighted by Crippen LogP contribution is -2.49. The van der Waals surface area contributed by atoms with Crippen molar-refractivity contribution in [2.75, 3.05) is 44.6 Å². The number of carbonyl (C=O) groups is 2. The van der Waals surface area contributed by atoms with E-state index in [0.29, 0.717) is 35.9 Å². The molecule has 0 spiro atoms. The number of fused-ring (bicyclic) bond motifs is 1. The second-order valence-electron chi connectivity index (χ2n) is 9.47. The SMILES string of the molecule is Cc1ccc(NC(=O)N2CCN(Cc3nc4cc(C(=O)N5CCCC5)ccc4n3C)CC2)c(Cl)c1. The highest BCUT2D eigenvalue weighted by Gasteiger charge is 2.24. The van der Waals surface area contributed by atoms with Gasteiger partial charge in [0.05, 0.1) is 28.3 Å². The number of aryl methyl sites for hydroxylation is 2. The molecular formula is C26H31ClN6O2. The van der Waals surface area contributed by atoms with Crippen LogP contribution < -0.4 is 5.32 Å². The Morgan fingerprint density at radius 1 is 0.971 bits per heavy atom. The van der Waals surface area contributed by atoms with Crippen molar-refractivity contribution in [1.29, 1.82) is 0 Å². The quantitative estimate of drug-likeness (QED) is 0.592. The topological polar surface area (TPSA) is 73.7 Å². The number of likely N-dealkylation sites (tertiary alicyclic amines) is 1. The Hall–Kier alpha value is -3.10. The number of halogens is 1. The number of nitrogens with one attached hydrogen (secondary N) is 1. The first-order valence-corrected chi connectivity index (χ1v) is 12.6. The molecule has 2 aliphatic heterocycles. The summed E-state index contributed by atoms with van der Waals surface area (Å²) in [5.74, 6) is 1.05. The van der Waals surface area contributed by atoms with Crippen LogP contribution in [0.15, 0.2) is 36.4 Å². The molecule has 1 aromatic heterocycles. The zero-order valence-corrected chi connectivity index (χ0v) is 21.0. The molecule has 2 saturated heterocycles. The molecule has 35 heavy (non-hydrogen) atoms. The average Bonchev–Trinajstić information content (AvgIpc) is 3.49. The number of piperazine rings is 1. The van der Waals surface area contributed by atoms with Gasteiger partial charge in [-0.3, -0.25) is 9.69 Å². The third kappa shape index (κ3) is 4.99. The van der Waals surface area contributed by atoms with E-state index in [9.17, 15) is 9.59 Å². The molecule has 2 aliphatic rings. The standard InChI is InChI=1S/C26H31ClN6O2/c1-18-5-7-21(20(27)15-18)29-26(35)33-13-11-31(12-14-33)17-24-28-22-16-19(6-8-23(22)30(24)2)25(34)32-9-3-4-10-32/h5-8,15-16H,3-4,9-14,17H2,1-2H3,(H,29,35). The highest BCUT2D eigenvalue weighted by Crippen LogP contribution is 2.24. The maximum absolute atomic E-state index is 12.8. The molecule has 8 nitrogen and oxygen atoms in total. The van der Waals surface area contributed by atoms with E-state index >= 15 is 0 Å². The second kappa shape index (κ2) is 9.87. The lowest BCUT2D eigenvalue weighted by atomic mass is 10.2. The van der Waals surface area contributed by atoms with Gasteiger partial charge in [0.25, 0.3) is 5.91 Å². The minimum atomic E-state index is -0.131. The highest BCUT2D eigenvalue weighted by atomic mass is 35.5. The maximum Gasteiger partial charge on any atom is 0.321 e. The van der Waals surface area contributed by atoms with Gasteiger partial charge in [0, 0.05) is 51.9 Å². The van der Waals surface area contributed by atoms with Gasteiger partial charge in [-0.05, 0) is 55.7 Å². The van der Waals surface area contributed by atoms with Gasteiger partial charge in [0.2, 0.25) is 0 Å². The van der Waals surface area contributed by atoms with E-state index in [4.69, 9.17) is 16.6 Å². The number of nitrogens with zero attached hydrogens (tertiary/aromatic N) is 5. The number of hydrogen-bond acceptors (Lipinski definition) is 4. The van der Waals surface area contributed by atoms with E-state index < -0.39 is 0 Å². The van der Waals surface area contributed by atoms with E-state index in [1.807, 2.05) is 60.2 Å². The van der Waals surface area contributed by atoms with Crippen molar-refractivity contribution in [1.82, 2.24) is 24.3 Å². The van der Waals surface area contributed by atoms with Gasteiger partial charge in [-0.2, -0.15) is 0 Å². The maximum atomic E-state index is 12.8. The van der Waals surface area contributed by atoms with Crippen molar-refractivity contribution in [3.05, 3.63) is 58.4 Å². The van der Waals surface area contributed by atoms with Crippen molar-refractivity contribution >= 4 is 40.3 Å². The summed E-state index contributed by atoms with van der Waals surface area (Å²) in [6.07, 6.45) is 2.16. The summed E-state index contributed by atoms with van der Waals surface area (Å²) >= 11 is 6.26. The smallest absolute Gasteiger partial charge is 0.321 e. The first-order chi connectivity index (χ1) is 16.9. The Morgan fingerprint density at radius 3 is 2.43 bits per heavy atom. The Labute approximate surface area is 210 Å². The van der Waals surface area contributed by atoms with Crippen molar-refractivity contribution in [2.24, 2.45) is 7.05 Å². The molecule has 0 unspecified atom stereocenters. The van der Waals surface area contributed by atoms with Crippen LogP contribution in [0.3, 0.4) is 0 Å².